The van der Waals surface area contributed by atoms with Crippen LogP contribution in [-0.2, 0) is 5.41 Å². The third-order valence-corrected chi connectivity index (χ3v) is 3.67. The molecule has 0 saturated carbocycles. The Morgan fingerprint density at radius 2 is 2.00 bits per heavy atom. The number of halogens is 1. The molecule has 0 unspecified atom stereocenters. The van der Waals surface area contributed by atoms with Gasteiger partial charge in [-0.1, -0.05) is 20.8 Å². The molecule has 1 aliphatic rings. The van der Waals surface area contributed by atoms with Crippen LogP contribution in [0.3, 0.4) is 0 Å². The SMILES string of the molecule is CC(C)(C)c1cc(C(=O)N2CCN(CCF)CC2)n[nH]1. The Morgan fingerprint density at radius 3 is 2.50 bits per heavy atom. The molecule has 1 aromatic heterocycles. The van der Waals surface area contributed by atoms with E-state index in [0.717, 1.165) is 18.8 Å². The Hall–Kier alpha value is -1.43. The van der Waals surface area contributed by atoms with Gasteiger partial charge in [0.1, 0.15) is 12.4 Å². The number of nitrogens with zero attached hydrogens (tertiary/aromatic N) is 3. The van der Waals surface area contributed by atoms with Gasteiger partial charge < -0.3 is 4.90 Å². The molecule has 6 heteroatoms. The fourth-order valence-corrected chi connectivity index (χ4v) is 2.27. The van der Waals surface area contributed by atoms with Gasteiger partial charge in [0.25, 0.3) is 5.91 Å². The van der Waals surface area contributed by atoms with Gasteiger partial charge in [0, 0.05) is 43.8 Å². The summed E-state index contributed by atoms with van der Waals surface area (Å²) in [6.45, 7) is 9.08. The van der Waals surface area contributed by atoms with E-state index in [2.05, 4.69) is 31.0 Å². The number of aromatic nitrogens is 2. The van der Waals surface area contributed by atoms with E-state index in [1.165, 1.54) is 0 Å². The summed E-state index contributed by atoms with van der Waals surface area (Å²) < 4.78 is 12.3. The molecular formula is C14H23FN4O. The highest BCUT2D eigenvalue weighted by Gasteiger charge is 2.25. The van der Waals surface area contributed by atoms with Crippen molar-refractivity contribution >= 4 is 5.91 Å². The number of carbonyl (C=O) groups is 1. The average molecular weight is 282 g/mol. The van der Waals surface area contributed by atoms with Crippen molar-refractivity contribution < 1.29 is 9.18 Å². The molecule has 0 atom stereocenters. The second-order valence-electron chi connectivity index (χ2n) is 6.24. The van der Waals surface area contributed by atoms with Crippen LogP contribution in [0.1, 0.15) is 37.0 Å². The monoisotopic (exact) mass is 282 g/mol. The van der Waals surface area contributed by atoms with Crippen molar-refractivity contribution in [1.29, 1.82) is 0 Å². The van der Waals surface area contributed by atoms with Crippen molar-refractivity contribution in [3.05, 3.63) is 17.5 Å². The lowest BCUT2D eigenvalue weighted by Gasteiger charge is -2.33. The summed E-state index contributed by atoms with van der Waals surface area (Å²) in [5.74, 6) is -0.0448. The molecule has 20 heavy (non-hydrogen) atoms. The zero-order valence-electron chi connectivity index (χ0n) is 12.4. The maximum Gasteiger partial charge on any atom is 0.274 e. The Kier molecular flexibility index (Phi) is 4.42. The smallest absolute Gasteiger partial charge is 0.274 e. The molecule has 1 fully saturated rings. The second kappa shape index (κ2) is 5.91. The molecule has 1 aromatic rings. The molecule has 0 bridgehead atoms. The minimum absolute atomic E-state index is 0.0448. The normalized spacial score (nSPS) is 17.5. The standard InChI is InChI=1S/C14H23FN4O/c1-14(2,3)12-10-11(16-17-12)13(20)19-8-6-18(5-4-15)7-9-19/h10H,4-9H2,1-3H3,(H,16,17). The minimum atomic E-state index is -0.331. The first-order valence-corrected chi connectivity index (χ1v) is 7.05. The van der Waals surface area contributed by atoms with Crippen molar-refractivity contribution in [3.63, 3.8) is 0 Å². The predicted octanol–water partition coefficient (Wildman–Crippen LogP) is 1.43. The molecule has 0 radical (unpaired) electrons. The van der Waals surface area contributed by atoms with Crippen LogP contribution in [0.4, 0.5) is 4.39 Å². The van der Waals surface area contributed by atoms with Crippen LogP contribution >= 0.6 is 0 Å². The average Bonchev–Trinajstić information content (AvgIpc) is 2.89. The van der Waals surface area contributed by atoms with Gasteiger partial charge in [-0.3, -0.25) is 14.8 Å². The predicted molar refractivity (Wildman–Crippen MR) is 75.6 cm³/mol. The maximum absolute atomic E-state index is 12.4. The molecular weight excluding hydrogens is 259 g/mol. The topological polar surface area (TPSA) is 52.2 Å². The number of hydrogen-bond acceptors (Lipinski definition) is 3. The summed E-state index contributed by atoms with van der Waals surface area (Å²) in [6.07, 6.45) is 0. The summed E-state index contributed by atoms with van der Waals surface area (Å²) in [5.41, 5.74) is 1.37. The molecule has 0 aromatic carbocycles. The van der Waals surface area contributed by atoms with Crippen LogP contribution in [0.5, 0.6) is 0 Å². The molecule has 112 valence electrons. The highest BCUT2D eigenvalue weighted by molar-refractivity contribution is 5.92. The van der Waals surface area contributed by atoms with E-state index in [0.29, 0.717) is 25.3 Å². The maximum atomic E-state index is 12.4. The number of nitrogens with one attached hydrogen (secondary N) is 1. The number of amides is 1. The van der Waals surface area contributed by atoms with Crippen molar-refractivity contribution in [1.82, 2.24) is 20.0 Å². The molecule has 1 amide bonds. The summed E-state index contributed by atoms with van der Waals surface area (Å²) >= 11 is 0. The molecule has 0 spiro atoms. The van der Waals surface area contributed by atoms with Gasteiger partial charge in [-0.05, 0) is 6.07 Å². The first kappa shape index (κ1) is 15.0. The van der Waals surface area contributed by atoms with Gasteiger partial charge in [-0.15, -0.1) is 0 Å². The summed E-state index contributed by atoms with van der Waals surface area (Å²) in [5, 5.41) is 7.06. The van der Waals surface area contributed by atoms with E-state index in [9.17, 15) is 9.18 Å². The number of carbonyl (C=O) groups excluding carboxylic acids is 1. The molecule has 1 N–H and O–H groups in total. The first-order valence-electron chi connectivity index (χ1n) is 7.05. The largest absolute Gasteiger partial charge is 0.335 e. The number of hydrogen-bond donors (Lipinski definition) is 1. The van der Waals surface area contributed by atoms with E-state index in [4.69, 9.17) is 0 Å². The highest BCUT2D eigenvalue weighted by atomic mass is 19.1. The number of aromatic amines is 1. The quantitative estimate of drug-likeness (QED) is 0.912. The van der Waals surface area contributed by atoms with E-state index in [1.54, 1.807) is 4.90 Å². The van der Waals surface area contributed by atoms with E-state index < -0.39 is 0 Å². The highest BCUT2D eigenvalue weighted by Crippen LogP contribution is 2.21. The number of H-pyrrole nitrogens is 1. The molecule has 5 nitrogen and oxygen atoms in total. The van der Waals surface area contributed by atoms with E-state index in [-0.39, 0.29) is 18.0 Å². The second-order valence-corrected chi connectivity index (χ2v) is 6.24. The molecule has 2 heterocycles. The fourth-order valence-electron chi connectivity index (χ4n) is 2.27. The van der Waals surface area contributed by atoms with Gasteiger partial charge in [-0.25, -0.2) is 4.39 Å². The lowest BCUT2D eigenvalue weighted by Crippen LogP contribution is -2.49. The van der Waals surface area contributed by atoms with Crippen molar-refractivity contribution in [2.75, 3.05) is 39.4 Å². The zero-order chi connectivity index (χ0) is 14.8. The van der Waals surface area contributed by atoms with Crippen molar-refractivity contribution in [2.24, 2.45) is 0 Å². The zero-order valence-corrected chi connectivity index (χ0v) is 12.4. The van der Waals surface area contributed by atoms with Crippen molar-refractivity contribution in [2.45, 2.75) is 26.2 Å². The van der Waals surface area contributed by atoms with Gasteiger partial charge in [-0.2, -0.15) is 5.10 Å². The number of piperazine rings is 1. The summed E-state index contributed by atoms with van der Waals surface area (Å²) in [6, 6.07) is 1.83. The van der Waals surface area contributed by atoms with Crippen LogP contribution in [-0.4, -0.2) is 65.3 Å². The molecule has 1 saturated heterocycles. The van der Waals surface area contributed by atoms with Crippen LogP contribution < -0.4 is 0 Å². The van der Waals surface area contributed by atoms with Crippen LogP contribution in [0.2, 0.25) is 0 Å². The Bertz CT molecular complexity index is 458. The fraction of sp³-hybridized carbons (Fsp3) is 0.714. The third kappa shape index (κ3) is 3.36. The summed E-state index contributed by atoms with van der Waals surface area (Å²) in [7, 11) is 0. The first-order chi connectivity index (χ1) is 9.41. The Balaban J connectivity index is 1.97. The molecule has 0 aliphatic carbocycles. The van der Waals surface area contributed by atoms with Gasteiger partial charge >= 0.3 is 0 Å². The van der Waals surface area contributed by atoms with Gasteiger partial charge in [0.05, 0.1) is 0 Å². The number of rotatable bonds is 3. The van der Waals surface area contributed by atoms with E-state index in [1.807, 2.05) is 11.0 Å². The van der Waals surface area contributed by atoms with Gasteiger partial charge in [0.15, 0.2) is 0 Å². The van der Waals surface area contributed by atoms with E-state index >= 15 is 0 Å². The van der Waals surface area contributed by atoms with Crippen LogP contribution in [0, 0.1) is 0 Å². The molecule has 1 aliphatic heterocycles. The van der Waals surface area contributed by atoms with Crippen LogP contribution in [0.15, 0.2) is 6.07 Å². The lowest BCUT2D eigenvalue weighted by molar-refractivity contribution is 0.0625. The Morgan fingerprint density at radius 1 is 1.35 bits per heavy atom. The third-order valence-electron chi connectivity index (χ3n) is 3.67. The van der Waals surface area contributed by atoms with Crippen molar-refractivity contribution in [3.8, 4) is 0 Å². The Labute approximate surface area is 119 Å². The van der Waals surface area contributed by atoms with Gasteiger partial charge in [0.2, 0.25) is 0 Å². The summed E-state index contributed by atoms with van der Waals surface area (Å²) in [4.78, 5) is 16.2. The lowest BCUT2D eigenvalue weighted by atomic mass is 9.92. The van der Waals surface area contributed by atoms with Crippen LogP contribution in [0.25, 0.3) is 0 Å². The number of alkyl halides is 1. The molecule has 2 rings (SSSR count). The minimum Gasteiger partial charge on any atom is -0.335 e.